The highest BCUT2D eigenvalue weighted by Gasteiger charge is 2.26. The molecule has 0 N–H and O–H groups in total. The zero-order chi connectivity index (χ0) is 19.7. The fraction of sp³-hybridized carbons (Fsp3) is 0.273. The van der Waals surface area contributed by atoms with Gasteiger partial charge in [-0.25, -0.2) is 4.79 Å². The molecule has 0 unspecified atom stereocenters. The molecule has 6 heteroatoms. The molecule has 0 fully saturated rings. The van der Waals surface area contributed by atoms with E-state index in [1.165, 1.54) is 0 Å². The number of rotatable bonds is 5. The molecule has 3 aromatic rings. The topological polar surface area (TPSA) is 64.7 Å². The van der Waals surface area contributed by atoms with Gasteiger partial charge in [0.1, 0.15) is 5.76 Å². The second-order valence-corrected chi connectivity index (χ2v) is 6.95. The first kappa shape index (κ1) is 18.1. The van der Waals surface area contributed by atoms with Gasteiger partial charge in [-0.1, -0.05) is 18.2 Å². The van der Waals surface area contributed by atoms with Gasteiger partial charge < -0.3 is 18.6 Å². The third kappa shape index (κ3) is 3.33. The fourth-order valence-corrected chi connectivity index (χ4v) is 3.69. The Morgan fingerprint density at radius 3 is 2.75 bits per heavy atom. The molecule has 6 nitrogen and oxygen atoms in total. The van der Waals surface area contributed by atoms with Crippen LogP contribution in [-0.4, -0.2) is 29.6 Å². The molecule has 0 atom stereocenters. The number of carbonyl (C=O) groups is 2. The molecular formula is C22H22N2O4. The van der Waals surface area contributed by atoms with E-state index in [-0.39, 0.29) is 12.5 Å². The van der Waals surface area contributed by atoms with Gasteiger partial charge in [-0.2, -0.15) is 0 Å². The van der Waals surface area contributed by atoms with Crippen LogP contribution in [0.15, 0.2) is 53.1 Å². The number of amides is 1. The van der Waals surface area contributed by atoms with E-state index in [2.05, 4.69) is 0 Å². The molecule has 144 valence electrons. The number of hydrogen-bond acceptors (Lipinski definition) is 4. The van der Waals surface area contributed by atoms with E-state index >= 15 is 0 Å². The smallest absolute Gasteiger partial charge is 0.340 e. The molecule has 0 radical (unpaired) electrons. The van der Waals surface area contributed by atoms with Gasteiger partial charge in [-0.3, -0.25) is 4.79 Å². The number of benzene rings is 1. The molecular weight excluding hydrogens is 356 g/mol. The molecule has 0 aliphatic carbocycles. The summed E-state index contributed by atoms with van der Waals surface area (Å²) < 4.78 is 12.7. The molecule has 1 aromatic carbocycles. The monoisotopic (exact) mass is 378 g/mol. The van der Waals surface area contributed by atoms with Gasteiger partial charge >= 0.3 is 5.97 Å². The maximum atomic E-state index is 12.6. The van der Waals surface area contributed by atoms with Crippen molar-refractivity contribution in [2.75, 3.05) is 18.1 Å². The highest BCUT2D eigenvalue weighted by molar-refractivity contribution is 5.98. The van der Waals surface area contributed by atoms with Crippen LogP contribution in [0.25, 0.3) is 0 Å². The van der Waals surface area contributed by atoms with E-state index in [9.17, 15) is 9.59 Å². The van der Waals surface area contributed by atoms with Gasteiger partial charge in [0.25, 0.3) is 5.91 Å². The Bertz CT molecular complexity index is 1020. The average molecular weight is 378 g/mol. The summed E-state index contributed by atoms with van der Waals surface area (Å²) in [6.45, 7) is 4.69. The predicted molar refractivity (Wildman–Crippen MR) is 104 cm³/mol. The fourth-order valence-electron chi connectivity index (χ4n) is 3.69. The molecule has 1 aliphatic heterocycles. The van der Waals surface area contributed by atoms with Gasteiger partial charge in [0.15, 0.2) is 6.61 Å². The van der Waals surface area contributed by atoms with E-state index in [1.807, 2.05) is 54.8 Å². The van der Waals surface area contributed by atoms with Crippen molar-refractivity contribution in [2.24, 2.45) is 0 Å². The number of anilines is 1. The summed E-state index contributed by atoms with van der Waals surface area (Å²) in [5.41, 5.74) is 4.24. The second-order valence-electron chi connectivity index (χ2n) is 6.95. The van der Waals surface area contributed by atoms with Crippen molar-refractivity contribution < 1.29 is 18.7 Å². The highest BCUT2D eigenvalue weighted by Crippen LogP contribution is 2.27. The number of ether oxygens (including phenoxy) is 1. The molecule has 2 aromatic heterocycles. The Hall–Kier alpha value is -3.28. The first-order valence-electron chi connectivity index (χ1n) is 9.29. The van der Waals surface area contributed by atoms with Gasteiger partial charge in [0, 0.05) is 23.6 Å². The summed E-state index contributed by atoms with van der Waals surface area (Å²) in [5, 5.41) is 0. The van der Waals surface area contributed by atoms with Crippen LogP contribution in [-0.2, 0) is 22.5 Å². The first-order chi connectivity index (χ1) is 13.5. The van der Waals surface area contributed by atoms with E-state index in [1.54, 1.807) is 17.2 Å². The van der Waals surface area contributed by atoms with Crippen molar-refractivity contribution in [1.82, 2.24) is 4.57 Å². The molecule has 0 saturated heterocycles. The summed E-state index contributed by atoms with van der Waals surface area (Å²) >= 11 is 0. The van der Waals surface area contributed by atoms with Crippen molar-refractivity contribution in [3.05, 3.63) is 77.0 Å². The number of aromatic nitrogens is 1. The largest absolute Gasteiger partial charge is 0.467 e. The number of hydrogen-bond donors (Lipinski definition) is 0. The van der Waals surface area contributed by atoms with Crippen LogP contribution in [0.2, 0.25) is 0 Å². The lowest BCUT2D eigenvalue weighted by molar-refractivity contribution is -0.121. The number of aryl methyl sites for hydroxylation is 1. The molecule has 1 amide bonds. The zero-order valence-corrected chi connectivity index (χ0v) is 16.0. The SMILES string of the molecule is Cc1cc(C(=O)OCC(=O)N2CCc3ccccc32)c(C)n1Cc1ccco1. The number of para-hydroxylation sites is 1. The maximum absolute atomic E-state index is 12.6. The molecule has 4 rings (SSSR count). The zero-order valence-electron chi connectivity index (χ0n) is 16.0. The number of carbonyl (C=O) groups excluding carboxylic acids is 2. The first-order valence-corrected chi connectivity index (χ1v) is 9.29. The minimum Gasteiger partial charge on any atom is -0.467 e. The van der Waals surface area contributed by atoms with Gasteiger partial charge in [-0.15, -0.1) is 0 Å². The number of fused-ring (bicyclic) bond motifs is 1. The van der Waals surface area contributed by atoms with Crippen LogP contribution in [0.1, 0.15) is 33.1 Å². The summed E-state index contributed by atoms with van der Waals surface area (Å²) in [6, 6.07) is 13.3. The van der Waals surface area contributed by atoms with Gasteiger partial charge in [-0.05, 0) is 50.1 Å². The minimum atomic E-state index is -0.486. The Balaban J connectivity index is 1.42. The van der Waals surface area contributed by atoms with Crippen LogP contribution >= 0.6 is 0 Å². The number of nitrogens with zero attached hydrogens (tertiary/aromatic N) is 2. The van der Waals surface area contributed by atoms with Crippen LogP contribution in [0.5, 0.6) is 0 Å². The molecule has 0 spiro atoms. The Morgan fingerprint density at radius 1 is 1.14 bits per heavy atom. The molecule has 3 heterocycles. The van der Waals surface area contributed by atoms with Crippen molar-refractivity contribution in [2.45, 2.75) is 26.8 Å². The lowest BCUT2D eigenvalue weighted by atomic mass is 10.2. The van der Waals surface area contributed by atoms with Crippen molar-refractivity contribution >= 4 is 17.6 Å². The van der Waals surface area contributed by atoms with Gasteiger partial charge in [0.2, 0.25) is 0 Å². The van der Waals surface area contributed by atoms with E-state index in [0.717, 1.165) is 34.8 Å². The predicted octanol–water partition coefficient (Wildman–Crippen LogP) is 3.49. The second kappa shape index (κ2) is 7.38. The third-order valence-electron chi connectivity index (χ3n) is 5.20. The van der Waals surface area contributed by atoms with E-state index < -0.39 is 5.97 Å². The molecule has 0 bridgehead atoms. The quantitative estimate of drug-likeness (QED) is 0.638. The third-order valence-corrected chi connectivity index (χ3v) is 5.20. The summed E-state index contributed by atoms with van der Waals surface area (Å²) in [4.78, 5) is 26.8. The summed E-state index contributed by atoms with van der Waals surface area (Å²) in [5.74, 6) is 0.118. The van der Waals surface area contributed by atoms with Crippen molar-refractivity contribution in [3.8, 4) is 0 Å². The van der Waals surface area contributed by atoms with E-state index in [4.69, 9.17) is 9.15 Å². The maximum Gasteiger partial charge on any atom is 0.340 e. The van der Waals surface area contributed by atoms with Gasteiger partial charge in [0.05, 0.1) is 18.4 Å². The summed E-state index contributed by atoms with van der Waals surface area (Å²) in [6.07, 6.45) is 2.45. The Kier molecular flexibility index (Phi) is 4.77. The molecule has 28 heavy (non-hydrogen) atoms. The van der Waals surface area contributed by atoms with Crippen LogP contribution in [0.3, 0.4) is 0 Å². The van der Waals surface area contributed by atoms with Crippen LogP contribution in [0.4, 0.5) is 5.69 Å². The van der Waals surface area contributed by atoms with Crippen LogP contribution in [0, 0.1) is 13.8 Å². The minimum absolute atomic E-state index is 0.206. The van der Waals surface area contributed by atoms with Crippen LogP contribution < -0.4 is 4.90 Å². The molecule has 1 aliphatic rings. The lowest BCUT2D eigenvalue weighted by Gasteiger charge is -2.17. The lowest BCUT2D eigenvalue weighted by Crippen LogP contribution is -2.33. The summed E-state index contributed by atoms with van der Waals surface area (Å²) in [7, 11) is 0. The molecule has 0 saturated carbocycles. The Morgan fingerprint density at radius 2 is 1.96 bits per heavy atom. The van der Waals surface area contributed by atoms with E-state index in [0.29, 0.717) is 18.7 Å². The standard InChI is InChI=1S/C22H22N2O4/c1-15-12-19(16(2)24(15)13-18-7-5-11-27-18)22(26)28-14-21(25)23-10-9-17-6-3-4-8-20(17)23/h3-8,11-12H,9-10,13-14H2,1-2H3. The van der Waals surface area contributed by atoms with Crippen molar-refractivity contribution in [3.63, 3.8) is 0 Å². The normalized spacial score (nSPS) is 12.9. The number of furan rings is 1. The Labute approximate surface area is 163 Å². The highest BCUT2D eigenvalue weighted by atomic mass is 16.5. The number of esters is 1. The van der Waals surface area contributed by atoms with Crippen molar-refractivity contribution in [1.29, 1.82) is 0 Å². The average Bonchev–Trinajstić information content (AvgIpc) is 3.42.